The van der Waals surface area contributed by atoms with E-state index in [2.05, 4.69) is 15.0 Å². The zero-order valence-electron chi connectivity index (χ0n) is 10.3. The fraction of sp³-hybridized carbons (Fsp3) is 0.182. The smallest absolute Gasteiger partial charge is 0.328 e. The number of ether oxygens (including phenoxy) is 1. The van der Waals surface area contributed by atoms with Crippen LogP contribution in [-0.2, 0) is 0 Å². The molecule has 2 N–H and O–H groups in total. The minimum Gasteiger partial charge on any atom is -0.424 e. The molecule has 0 amide bonds. The molecule has 0 aliphatic carbocycles. The molecule has 6 nitrogen and oxygen atoms in total. The number of halogens is 2. The summed E-state index contributed by atoms with van der Waals surface area (Å²) in [5, 5.41) is 0. The number of nitrogen functional groups attached to an aromatic ring is 1. The Bertz CT molecular complexity index is 585. The van der Waals surface area contributed by atoms with Crippen molar-refractivity contribution in [1.82, 2.24) is 15.0 Å². The Balaban J connectivity index is 2.32. The van der Waals surface area contributed by atoms with Gasteiger partial charge in [0.25, 0.3) is 0 Å². The van der Waals surface area contributed by atoms with Crippen LogP contribution in [0, 0.1) is 11.6 Å². The first kappa shape index (κ1) is 12.9. The Hall–Kier alpha value is -2.51. The van der Waals surface area contributed by atoms with Crippen LogP contribution in [0.25, 0.3) is 0 Å². The summed E-state index contributed by atoms with van der Waals surface area (Å²) in [7, 11) is 3.42. The highest BCUT2D eigenvalue weighted by Crippen LogP contribution is 2.21. The minimum atomic E-state index is -0.759. The predicted octanol–water partition coefficient (Wildman–Crippen LogP) is 1.59. The van der Waals surface area contributed by atoms with Crippen LogP contribution < -0.4 is 15.4 Å². The summed E-state index contributed by atoms with van der Waals surface area (Å²) in [5.41, 5.74) is 5.49. The lowest BCUT2D eigenvalue weighted by atomic mass is 10.3. The van der Waals surface area contributed by atoms with Gasteiger partial charge in [-0.15, -0.1) is 0 Å². The molecular formula is C11H11F2N5O. The van der Waals surface area contributed by atoms with E-state index in [1.807, 2.05) is 0 Å². The highest BCUT2D eigenvalue weighted by atomic mass is 19.1. The third-order valence-electron chi connectivity index (χ3n) is 2.07. The average molecular weight is 267 g/mol. The molecular weight excluding hydrogens is 256 g/mol. The van der Waals surface area contributed by atoms with Gasteiger partial charge in [-0.3, -0.25) is 0 Å². The van der Waals surface area contributed by atoms with E-state index in [0.29, 0.717) is 0 Å². The first-order chi connectivity index (χ1) is 8.94. The fourth-order valence-corrected chi connectivity index (χ4v) is 1.30. The number of rotatable bonds is 3. The van der Waals surface area contributed by atoms with Gasteiger partial charge in [0, 0.05) is 32.3 Å². The summed E-state index contributed by atoms with van der Waals surface area (Å²) in [5.74, 6) is -1.35. The van der Waals surface area contributed by atoms with Crippen LogP contribution >= 0.6 is 0 Å². The Morgan fingerprint density at radius 3 is 2.26 bits per heavy atom. The van der Waals surface area contributed by atoms with Crippen LogP contribution in [0.15, 0.2) is 18.2 Å². The van der Waals surface area contributed by atoms with Crippen molar-refractivity contribution in [3.63, 3.8) is 0 Å². The summed E-state index contributed by atoms with van der Waals surface area (Å²) in [6, 6.07) is 2.62. The van der Waals surface area contributed by atoms with E-state index in [9.17, 15) is 8.78 Å². The Morgan fingerprint density at radius 2 is 1.68 bits per heavy atom. The van der Waals surface area contributed by atoms with Crippen LogP contribution in [0.1, 0.15) is 0 Å². The lowest BCUT2D eigenvalue weighted by Crippen LogP contribution is -2.15. The van der Waals surface area contributed by atoms with Crippen LogP contribution in [0.2, 0.25) is 0 Å². The van der Waals surface area contributed by atoms with Gasteiger partial charge in [0.15, 0.2) is 0 Å². The lowest BCUT2D eigenvalue weighted by Gasteiger charge is -2.11. The van der Waals surface area contributed by atoms with Gasteiger partial charge in [0.1, 0.15) is 17.4 Å². The number of nitrogens with two attached hydrogens (primary N) is 1. The lowest BCUT2D eigenvalue weighted by molar-refractivity contribution is 0.432. The maximum absolute atomic E-state index is 13.0. The third-order valence-corrected chi connectivity index (χ3v) is 2.07. The molecule has 0 bridgehead atoms. The Kier molecular flexibility index (Phi) is 3.41. The SMILES string of the molecule is CN(C)c1nc(N)nc(Oc2cc(F)cc(F)c2)n1. The number of nitrogens with zero attached hydrogens (tertiary/aromatic N) is 4. The monoisotopic (exact) mass is 267 g/mol. The van der Waals surface area contributed by atoms with Crippen LogP contribution in [-0.4, -0.2) is 29.0 Å². The molecule has 0 saturated heterocycles. The predicted molar refractivity (Wildman–Crippen MR) is 65.0 cm³/mol. The molecule has 0 atom stereocenters. The standard InChI is InChI=1S/C11H11F2N5O/c1-18(2)10-15-9(14)16-11(17-10)19-8-4-6(12)3-7(13)5-8/h3-5H,1-2H3,(H2,14,15,16,17). The average Bonchev–Trinajstić information content (AvgIpc) is 2.26. The van der Waals surface area contributed by atoms with Crippen molar-refractivity contribution < 1.29 is 13.5 Å². The van der Waals surface area contributed by atoms with E-state index in [1.54, 1.807) is 19.0 Å². The van der Waals surface area contributed by atoms with Crippen LogP contribution in [0.3, 0.4) is 0 Å². The molecule has 2 rings (SSSR count). The van der Waals surface area contributed by atoms with Gasteiger partial charge in [-0.2, -0.15) is 15.0 Å². The van der Waals surface area contributed by atoms with Crippen molar-refractivity contribution in [2.75, 3.05) is 24.7 Å². The highest BCUT2D eigenvalue weighted by Gasteiger charge is 2.09. The molecule has 0 fully saturated rings. The molecule has 8 heteroatoms. The second kappa shape index (κ2) is 5.01. The normalized spacial score (nSPS) is 10.3. The van der Waals surface area contributed by atoms with Gasteiger partial charge < -0.3 is 15.4 Å². The molecule has 1 aromatic carbocycles. The van der Waals surface area contributed by atoms with Gasteiger partial charge in [0.2, 0.25) is 11.9 Å². The molecule has 0 aliphatic heterocycles. The van der Waals surface area contributed by atoms with E-state index in [0.717, 1.165) is 18.2 Å². The number of aromatic nitrogens is 3. The molecule has 2 aromatic rings. The van der Waals surface area contributed by atoms with Crippen molar-refractivity contribution in [1.29, 1.82) is 0 Å². The summed E-state index contributed by atoms with van der Waals surface area (Å²) < 4.78 is 31.2. The molecule has 0 saturated carbocycles. The summed E-state index contributed by atoms with van der Waals surface area (Å²) in [6.45, 7) is 0. The quantitative estimate of drug-likeness (QED) is 0.910. The third kappa shape index (κ3) is 3.24. The highest BCUT2D eigenvalue weighted by molar-refractivity contribution is 5.35. The van der Waals surface area contributed by atoms with Crippen LogP contribution in [0.4, 0.5) is 20.7 Å². The van der Waals surface area contributed by atoms with Crippen molar-refractivity contribution >= 4 is 11.9 Å². The molecule has 1 heterocycles. The number of hydrogen-bond donors (Lipinski definition) is 1. The van der Waals surface area contributed by atoms with E-state index in [1.165, 1.54) is 0 Å². The van der Waals surface area contributed by atoms with Gasteiger partial charge >= 0.3 is 6.01 Å². The molecule has 100 valence electrons. The number of hydrogen-bond acceptors (Lipinski definition) is 6. The summed E-state index contributed by atoms with van der Waals surface area (Å²) >= 11 is 0. The maximum Gasteiger partial charge on any atom is 0.328 e. The zero-order chi connectivity index (χ0) is 14.0. The van der Waals surface area contributed by atoms with Gasteiger partial charge in [-0.05, 0) is 0 Å². The van der Waals surface area contributed by atoms with Crippen molar-refractivity contribution in [2.24, 2.45) is 0 Å². The molecule has 0 radical (unpaired) electrons. The topological polar surface area (TPSA) is 77.2 Å². The van der Waals surface area contributed by atoms with Gasteiger partial charge in [-0.25, -0.2) is 8.78 Å². The van der Waals surface area contributed by atoms with Crippen molar-refractivity contribution in [3.8, 4) is 11.8 Å². The summed E-state index contributed by atoms with van der Waals surface area (Å²) in [4.78, 5) is 13.1. The fourth-order valence-electron chi connectivity index (χ4n) is 1.30. The largest absolute Gasteiger partial charge is 0.424 e. The number of anilines is 2. The van der Waals surface area contributed by atoms with Gasteiger partial charge in [-0.1, -0.05) is 0 Å². The van der Waals surface area contributed by atoms with Crippen molar-refractivity contribution in [2.45, 2.75) is 0 Å². The minimum absolute atomic E-state index is 0.0504. The molecule has 0 unspecified atom stereocenters. The zero-order valence-corrected chi connectivity index (χ0v) is 10.3. The van der Waals surface area contributed by atoms with E-state index >= 15 is 0 Å². The maximum atomic E-state index is 13.0. The second-order valence-electron chi connectivity index (χ2n) is 3.88. The van der Waals surface area contributed by atoms with Crippen molar-refractivity contribution in [3.05, 3.63) is 29.8 Å². The first-order valence-electron chi connectivity index (χ1n) is 5.27. The molecule has 0 aliphatic rings. The first-order valence-corrected chi connectivity index (χ1v) is 5.27. The Labute approximate surface area is 107 Å². The van der Waals surface area contributed by atoms with Gasteiger partial charge in [0.05, 0.1) is 0 Å². The van der Waals surface area contributed by atoms with Crippen LogP contribution in [0.5, 0.6) is 11.8 Å². The van der Waals surface area contributed by atoms with E-state index < -0.39 is 11.6 Å². The molecule has 19 heavy (non-hydrogen) atoms. The van der Waals surface area contributed by atoms with E-state index in [4.69, 9.17) is 10.5 Å². The number of benzene rings is 1. The second-order valence-corrected chi connectivity index (χ2v) is 3.88. The van der Waals surface area contributed by atoms with E-state index in [-0.39, 0.29) is 23.7 Å². The molecule has 0 spiro atoms. The summed E-state index contributed by atoms with van der Waals surface area (Å²) in [6.07, 6.45) is 0. The Morgan fingerprint density at radius 1 is 1.05 bits per heavy atom. The molecule has 1 aromatic heterocycles.